The minimum Gasteiger partial charge on any atom is -0.316 e. The maximum Gasteiger partial charge on any atom is 0.215 e. The van der Waals surface area contributed by atoms with E-state index in [0.717, 1.165) is 25.9 Å². The molecule has 1 aromatic carbocycles. The maximum absolute atomic E-state index is 12.7. The summed E-state index contributed by atoms with van der Waals surface area (Å²) in [5.41, 5.74) is 0.594. The van der Waals surface area contributed by atoms with E-state index in [0.29, 0.717) is 18.0 Å². The quantitative estimate of drug-likeness (QED) is 0.827. The Morgan fingerprint density at radius 1 is 1.32 bits per heavy atom. The van der Waals surface area contributed by atoms with E-state index in [9.17, 15) is 12.8 Å². The van der Waals surface area contributed by atoms with Crippen LogP contribution < -0.4 is 10.0 Å². The summed E-state index contributed by atoms with van der Waals surface area (Å²) in [4.78, 5) is 0. The second-order valence-electron chi connectivity index (χ2n) is 4.93. The number of hydrogen-bond acceptors (Lipinski definition) is 3. The van der Waals surface area contributed by atoms with Crippen LogP contribution in [0.25, 0.3) is 0 Å². The molecule has 0 bridgehead atoms. The molecule has 0 radical (unpaired) electrons. The summed E-state index contributed by atoms with van der Waals surface area (Å²) < 4.78 is 39.0. The molecule has 1 heterocycles. The molecule has 2 N–H and O–H groups in total. The zero-order valence-electron chi connectivity index (χ0n) is 10.7. The van der Waals surface area contributed by atoms with E-state index in [1.807, 2.05) is 0 Å². The first-order chi connectivity index (χ1) is 9.05. The fourth-order valence-corrected chi connectivity index (χ4v) is 3.39. The van der Waals surface area contributed by atoms with Crippen LogP contribution in [0.15, 0.2) is 24.3 Å². The number of sulfonamides is 1. The van der Waals surface area contributed by atoms with E-state index in [1.54, 1.807) is 0 Å². The molecular weight excluding hydrogens is 267 g/mol. The highest BCUT2D eigenvalue weighted by Gasteiger charge is 2.16. The second kappa shape index (κ2) is 6.45. The molecule has 1 aliphatic heterocycles. The molecule has 6 heteroatoms. The van der Waals surface area contributed by atoms with E-state index in [1.165, 1.54) is 24.3 Å². The van der Waals surface area contributed by atoms with Gasteiger partial charge in [-0.3, -0.25) is 0 Å². The maximum atomic E-state index is 12.7. The molecule has 1 unspecified atom stereocenters. The number of rotatable bonds is 6. The Hall–Kier alpha value is -0.980. The van der Waals surface area contributed by atoms with Crippen molar-refractivity contribution in [3.8, 4) is 0 Å². The predicted octanol–water partition coefficient (Wildman–Crippen LogP) is 1.24. The molecule has 1 saturated heterocycles. The summed E-state index contributed by atoms with van der Waals surface area (Å²) in [5, 5.41) is 3.25. The molecule has 0 spiro atoms. The Bertz CT molecular complexity index is 496. The van der Waals surface area contributed by atoms with Gasteiger partial charge < -0.3 is 5.32 Å². The van der Waals surface area contributed by atoms with Crippen molar-refractivity contribution in [2.75, 3.05) is 19.6 Å². The van der Waals surface area contributed by atoms with E-state index in [2.05, 4.69) is 10.0 Å². The zero-order chi connectivity index (χ0) is 13.7. The van der Waals surface area contributed by atoms with E-state index in [-0.39, 0.29) is 11.6 Å². The normalized spacial score (nSPS) is 19.7. The lowest BCUT2D eigenvalue weighted by atomic mass is 10.1. The SMILES string of the molecule is O=S(=O)(Cc1ccc(F)cc1)NCCC1CCNC1. The van der Waals surface area contributed by atoms with Gasteiger partial charge in [-0.05, 0) is 49.5 Å². The van der Waals surface area contributed by atoms with Crippen molar-refractivity contribution in [3.63, 3.8) is 0 Å². The van der Waals surface area contributed by atoms with E-state index in [4.69, 9.17) is 0 Å². The highest BCUT2D eigenvalue weighted by Crippen LogP contribution is 2.12. The van der Waals surface area contributed by atoms with Crippen molar-refractivity contribution in [1.29, 1.82) is 0 Å². The Labute approximate surface area is 113 Å². The lowest BCUT2D eigenvalue weighted by Crippen LogP contribution is -2.27. The first-order valence-electron chi connectivity index (χ1n) is 6.48. The standard InChI is InChI=1S/C13H19FN2O2S/c14-13-3-1-12(2-4-13)10-19(17,18)16-8-6-11-5-7-15-9-11/h1-4,11,15-16H,5-10H2. The minimum atomic E-state index is -3.33. The smallest absolute Gasteiger partial charge is 0.215 e. The van der Waals surface area contributed by atoms with Gasteiger partial charge >= 0.3 is 0 Å². The number of halogens is 1. The highest BCUT2D eigenvalue weighted by atomic mass is 32.2. The number of hydrogen-bond donors (Lipinski definition) is 2. The summed E-state index contributed by atoms with van der Waals surface area (Å²) in [6.07, 6.45) is 1.97. The zero-order valence-corrected chi connectivity index (χ0v) is 11.5. The van der Waals surface area contributed by atoms with Crippen molar-refractivity contribution in [2.45, 2.75) is 18.6 Å². The molecule has 2 rings (SSSR count). The molecule has 1 aliphatic rings. The van der Waals surface area contributed by atoms with Crippen LogP contribution >= 0.6 is 0 Å². The summed E-state index contributed by atoms with van der Waals surface area (Å²) in [6, 6.07) is 5.54. The summed E-state index contributed by atoms with van der Waals surface area (Å²) in [5.74, 6) is 0.104. The van der Waals surface area contributed by atoms with Gasteiger partial charge in [-0.15, -0.1) is 0 Å². The van der Waals surface area contributed by atoms with Gasteiger partial charge in [0.2, 0.25) is 10.0 Å². The minimum absolute atomic E-state index is 0.101. The lowest BCUT2D eigenvalue weighted by Gasteiger charge is -2.10. The third-order valence-electron chi connectivity index (χ3n) is 3.31. The lowest BCUT2D eigenvalue weighted by molar-refractivity contribution is 0.519. The Balaban J connectivity index is 1.79. The van der Waals surface area contributed by atoms with E-state index < -0.39 is 10.0 Å². The Morgan fingerprint density at radius 2 is 2.05 bits per heavy atom. The van der Waals surface area contributed by atoms with Crippen LogP contribution in [0.2, 0.25) is 0 Å². The summed E-state index contributed by atoms with van der Waals surface area (Å²) >= 11 is 0. The summed E-state index contributed by atoms with van der Waals surface area (Å²) in [6.45, 7) is 2.46. The van der Waals surface area contributed by atoms with Gasteiger partial charge in [0.1, 0.15) is 5.82 Å². The Morgan fingerprint density at radius 3 is 2.68 bits per heavy atom. The van der Waals surface area contributed by atoms with Gasteiger partial charge in [-0.25, -0.2) is 17.5 Å². The third kappa shape index (κ3) is 4.89. The molecule has 0 amide bonds. The second-order valence-corrected chi connectivity index (χ2v) is 6.73. The van der Waals surface area contributed by atoms with Crippen LogP contribution in [0.3, 0.4) is 0 Å². The molecule has 0 aliphatic carbocycles. The van der Waals surface area contributed by atoms with Crippen LogP contribution in [-0.2, 0) is 15.8 Å². The number of nitrogens with one attached hydrogen (secondary N) is 2. The average molecular weight is 286 g/mol. The number of benzene rings is 1. The Kier molecular flexibility index (Phi) is 4.90. The first kappa shape index (κ1) is 14.4. The molecule has 19 heavy (non-hydrogen) atoms. The van der Waals surface area contributed by atoms with E-state index >= 15 is 0 Å². The van der Waals surface area contributed by atoms with Gasteiger partial charge in [-0.1, -0.05) is 12.1 Å². The molecule has 1 fully saturated rings. The molecule has 0 saturated carbocycles. The highest BCUT2D eigenvalue weighted by molar-refractivity contribution is 7.88. The van der Waals surface area contributed by atoms with Crippen molar-refractivity contribution in [3.05, 3.63) is 35.6 Å². The van der Waals surface area contributed by atoms with Gasteiger partial charge in [-0.2, -0.15) is 0 Å². The molecule has 1 atom stereocenters. The van der Waals surface area contributed by atoms with Crippen LogP contribution in [0.5, 0.6) is 0 Å². The van der Waals surface area contributed by atoms with Crippen molar-refractivity contribution in [2.24, 2.45) is 5.92 Å². The van der Waals surface area contributed by atoms with Gasteiger partial charge in [0.05, 0.1) is 5.75 Å². The van der Waals surface area contributed by atoms with Crippen molar-refractivity contribution >= 4 is 10.0 Å². The monoisotopic (exact) mass is 286 g/mol. The largest absolute Gasteiger partial charge is 0.316 e. The molecule has 4 nitrogen and oxygen atoms in total. The topological polar surface area (TPSA) is 58.2 Å². The van der Waals surface area contributed by atoms with Gasteiger partial charge in [0.25, 0.3) is 0 Å². The van der Waals surface area contributed by atoms with Crippen molar-refractivity contribution in [1.82, 2.24) is 10.0 Å². The fraction of sp³-hybridized carbons (Fsp3) is 0.538. The molecule has 106 valence electrons. The third-order valence-corrected chi connectivity index (χ3v) is 4.66. The fourth-order valence-electron chi connectivity index (χ4n) is 2.23. The summed E-state index contributed by atoms with van der Waals surface area (Å²) in [7, 11) is -3.33. The van der Waals surface area contributed by atoms with Crippen LogP contribution in [-0.4, -0.2) is 28.1 Å². The van der Waals surface area contributed by atoms with Crippen LogP contribution in [0.4, 0.5) is 4.39 Å². The molecule has 1 aromatic rings. The van der Waals surface area contributed by atoms with Gasteiger partial charge in [0, 0.05) is 6.54 Å². The first-order valence-corrected chi connectivity index (χ1v) is 8.13. The van der Waals surface area contributed by atoms with Gasteiger partial charge in [0.15, 0.2) is 0 Å². The van der Waals surface area contributed by atoms with Crippen LogP contribution in [0, 0.1) is 11.7 Å². The average Bonchev–Trinajstić information content (AvgIpc) is 2.85. The van der Waals surface area contributed by atoms with Crippen LogP contribution in [0.1, 0.15) is 18.4 Å². The predicted molar refractivity (Wildman–Crippen MR) is 72.6 cm³/mol. The molecular formula is C13H19FN2O2S. The van der Waals surface area contributed by atoms with Crippen molar-refractivity contribution < 1.29 is 12.8 Å². The molecule has 0 aromatic heterocycles.